The van der Waals surface area contributed by atoms with Crippen LogP contribution < -0.4 is 21.7 Å². The van der Waals surface area contributed by atoms with Crippen LogP contribution in [0, 0.1) is 5.92 Å². The van der Waals surface area contributed by atoms with E-state index in [1.807, 2.05) is 6.07 Å². The van der Waals surface area contributed by atoms with Crippen molar-refractivity contribution < 1.29 is 9.59 Å². The van der Waals surface area contributed by atoms with Gasteiger partial charge in [-0.05, 0) is 31.0 Å². The van der Waals surface area contributed by atoms with Gasteiger partial charge in [-0.1, -0.05) is 0 Å². The zero-order valence-electron chi connectivity index (χ0n) is 11.1. The fourth-order valence-corrected chi connectivity index (χ4v) is 3.21. The summed E-state index contributed by atoms with van der Waals surface area (Å²) in [6.07, 6.45) is 1.88. The van der Waals surface area contributed by atoms with Gasteiger partial charge >= 0.3 is 0 Å². The first-order chi connectivity index (χ1) is 9.58. The van der Waals surface area contributed by atoms with Gasteiger partial charge in [-0.15, -0.1) is 0 Å². The molecule has 5 N–H and O–H groups in total. The SMILES string of the molecule is NC(=O)c1cc(N2CCCC3C(=O)NCC32)ccc1N. The van der Waals surface area contributed by atoms with Crippen LogP contribution in [-0.2, 0) is 4.79 Å². The molecule has 6 heteroatoms. The van der Waals surface area contributed by atoms with Crippen LogP contribution in [0.1, 0.15) is 23.2 Å². The summed E-state index contributed by atoms with van der Waals surface area (Å²) in [4.78, 5) is 25.4. The first-order valence-corrected chi connectivity index (χ1v) is 6.81. The summed E-state index contributed by atoms with van der Waals surface area (Å²) in [5.74, 6) is -0.359. The maximum atomic E-state index is 11.8. The van der Waals surface area contributed by atoms with Crippen molar-refractivity contribution in [1.29, 1.82) is 0 Å². The number of hydrogen-bond acceptors (Lipinski definition) is 4. The lowest BCUT2D eigenvalue weighted by Crippen LogP contribution is -2.45. The number of piperidine rings is 1. The Morgan fingerprint density at radius 1 is 1.40 bits per heavy atom. The van der Waals surface area contributed by atoms with E-state index in [1.165, 1.54) is 0 Å². The van der Waals surface area contributed by atoms with Crippen LogP contribution in [0.5, 0.6) is 0 Å². The molecule has 0 aliphatic carbocycles. The van der Waals surface area contributed by atoms with Crippen LogP contribution in [-0.4, -0.2) is 30.9 Å². The number of amides is 2. The van der Waals surface area contributed by atoms with E-state index in [-0.39, 0.29) is 17.9 Å². The lowest BCUT2D eigenvalue weighted by molar-refractivity contribution is -0.123. The molecule has 20 heavy (non-hydrogen) atoms. The van der Waals surface area contributed by atoms with E-state index in [1.54, 1.807) is 12.1 Å². The van der Waals surface area contributed by atoms with Gasteiger partial charge < -0.3 is 21.7 Å². The Kier molecular flexibility index (Phi) is 3.00. The van der Waals surface area contributed by atoms with Crippen LogP contribution >= 0.6 is 0 Å². The van der Waals surface area contributed by atoms with Crippen molar-refractivity contribution in [2.75, 3.05) is 23.7 Å². The van der Waals surface area contributed by atoms with Crippen LogP contribution in [0.25, 0.3) is 0 Å². The average molecular weight is 274 g/mol. The van der Waals surface area contributed by atoms with Gasteiger partial charge in [0.05, 0.1) is 17.5 Å². The van der Waals surface area contributed by atoms with Gasteiger partial charge in [-0.3, -0.25) is 9.59 Å². The lowest BCUT2D eigenvalue weighted by Gasteiger charge is -2.38. The van der Waals surface area contributed by atoms with Gasteiger partial charge in [-0.2, -0.15) is 0 Å². The highest BCUT2D eigenvalue weighted by Crippen LogP contribution is 2.32. The van der Waals surface area contributed by atoms with E-state index in [9.17, 15) is 9.59 Å². The fraction of sp³-hybridized carbons (Fsp3) is 0.429. The molecular weight excluding hydrogens is 256 g/mol. The third-order valence-electron chi connectivity index (χ3n) is 4.24. The summed E-state index contributed by atoms with van der Waals surface area (Å²) in [7, 11) is 0. The Morgan fingerprint density at radius 3 is 2.95 bits per heavy atom. The Bertz CT molecular complexity index is 572. The smallest absolute Gasteiger partial charge is 0.250 e. The summed E-state index contributed by atoms with van der Waals surface area (Å²) >= 11 is 0. The van der Waals surface area contributed by atoms with Crippen LogP contribution in [0.15, 0.2) is 18.2 Å². The van der Waals surface area contributed by atoms with Crippen LogP contribution in [0.2, 0.25) is 0 Å². The second-order valence-electron chi connectivity index (χ2n) is 5.39. The van der Waals surface area contributed by atoms with E-state index in [4.69, 9.17) is 11.5 Å². The number of nitrogens with two attached hydrogens (primary N) is 2. The Balaban J connectivity index is 1.94. The number of carbonyl (C=O) groups is 2. The fourth-order valence-electron chi connectivity index (χ4n) is 3.21. The molecule has 2 saturated heterocycles. The molecule has 2 heterocycles. The third-order valence-corrected chi connectivity index (χ3v) is 4.24. The number of benzene rings is 1. The molecular formula is C14H18N4O2. The predicted molar refractivity (Wildman–Crippen MR) is 76.2 cm³/mol. The lowest BCUT2D eigenvalue weighted by atomic mass is 9.91. The number of anilines is 2. The van der Waals surface area contributed by atoms with Crippen molar-refractivity contribution in [3.63, 3.8) is 0 Å². The second kappa shape index (κ2) is 4.70. The van der Waals surface area contributed by atoms with E-state index < -0.39 is 5.91 Å². The van der Waals surface area contributed by atoms with Crippen molar-refractivity contribution in [3.05, 3.63) is 23.8 Å². The zero-order valence-corrected chi connectivity index (χ0v) is 11.1. The highest BCUT2D eigenvalue weighted by molar-refractivity contribution is 5.99. The minimum Gasteiger partial charge on any atom is -0.398 e. The second-order valence-corrected chi connectivity index (χ2v) is 5.39. The van der Waals surface area contributed by atoms with Gasteiger partial charge in [-0.25, -0.2) is 0 Å². The van der Waals surface area contributed by atoms with E-state index in [2.05, 4.69) is 10.2 Å². The predicted octanol–water partition coefficient (Wildman–Crippen LogP) is 0.0825. The molecule has 2 unspecified atom stereocenters. The standard InChI is InChI=1S/C14H18N4O2/c15-11-4-3-8(6-10(11)13(16)19)18-5-1-2-9-12(18)7-17-14(9)20/h3-4,6,9,12H,1-2,5,7,15H2,(H2,16,19)(H,17,20). The summed E-state index contributed by atoms with van der Waals surface area (Å²) < 4.78 is 0. The minimum absolute atomic E-state index is 0.0401. The molecule has 2 atom stereocenters. The molecule has 0 spiro atoms. The highest BCUT2D eigenvalue weighted by atomic mass is 16.2. The number of rotatable bonds is 2. The number of nitrogens with zero attached hydrogens (tertiary/aromatic N) is 1. The van der Waals surface area contributed by atoms with E-state index >= 15 is 0 Å². The summed E-state index contributed by atoms with van der Waals surface area (Å²) in [6.45, 7) is 1.53. The van der Waals surface area contributed by atoms with Crippen molar-refractivity contribution in [3.8, 4) is 0 Å². The molecule has 0 saturated carbocycles. The first-order valence-electron chi connectivity index (χ1n) is 6.81. The van der Waals surface area contributed by atoms with Gasteiger partial charge in [0.2, 0.25) is 5.91 Å². The monoisotopic (exact) mass is 274 g/mol. The molecule has 2 aliphatic rings. The number of carbonyl (C=O) groups excluding carboxylic acids is 2. The number of nitrogen functional groups attached to an aromatic ring is 1. The molecule has 0 bridgehead atoms. The van der Waals surface area contributed by atoms with E-state index in [0.29, 0.717) is 17.8 Å². The van der Waals surface area contributed by atoms with Crippen molar-refractivity contribution in [2.24, 2.45) is 11.7 Å². The molecule has 1 aromatic carbocycles. The summed E-state index contributed by atoms with van der Waals surface area (Å²) in [6, 6.07) is 5.46. The van der Waals surface area contributed by atoms with E-state index in [0.717, 1.165) is 25.1 Å². The Hall–Kier alpha value is -2.24. The van der Waals surface area contributed by atoms with Gasteiger partial charge in [0.15, 0.2) is 0 Å². The number of hydrogen-bond donors (Lipinski definition) is 3. The quantitative estimate of drug-likeness (QED) is 0.665. The molecule has 2 amide bonds. The summed E-state index contributed by atoms with van der Waals surface area (Å²) in [5, 5.41) is 2.91. The van der Waals surface area contributed by atoms with Gasteiger partial charge in [0.1, 0.15) is 0 Å². The number of primary amides is 1. The average Bonchev–Trinajstić information content (AvgIpc) is 2.81. The molecule has 0 radical (unpaired) electrons. The first kappa shape index (κ1) is 12.8. The normalized spacial score (nSPS) is 25.2. The molecule has 106 valence electrons. The van der Waals surface area contributed by atoms with Crippen LogP contribution in [0.4, 0.5) is 11.4 Å². The van der Waals surface area contributed by atoms with Gasteiger partial charge in [0, 0.05) is 24.5 Å². The molecule has 1 aromatic rings. The van der Waals surface area contributed by atoms with Crippen molar-refractivity contribution in [1.82, 2.24) is 5.32 Å². The highest BCUT2D eigenvalue weighted by Gasteiger charge is 2.40. The van der Waals surface area contributed by atoms with Crippen molar-refractivity contribution in [2.45, 2.75) is 18.9 Å². The topological polar surface area (TPSA) is 101 Å². The Morgan fingerprint density at radius 2 is 2.20 bits per heavy atom. The molecule has 6 nitrogen and oxygen atoms in total. The molecule has 0 aromatic heterocycles. The largest absolute Gasteiger partial charge is 0.398 e. The Labute approximate surface area is 117 Å². The number of nitrogens with one attached hydrogen (secondary N) is 1. The van der Waals surface area contributed by atoms with Crippen LogP contribution in [0.3, 0.4) is 0 Å². The molecule has 2 aliphatic heterocycles. The number of fused-ring (bicyclic) bond motifs is 1. The zero-order chi connectivity index (χ0) is 14.3. The maximum absolute atomic E-state index is 11.8. The summed E-state index contributed by atoms with van der Waals surface area (Å²) in [5.41, 5.74) is 12.7. The minimum atomic E-state index is -0.529. The third kappa shape index (κ3) is 1.97. The molecule has 2 fully saturated rings. The maximum Gasteiger partial charge on any atom is 0.250 e. The van der Waals surface area contributed by atoms with Gasteiger partial charge in [0.25, 0.3) is 5.91 Å². The molecule has 3 rings (SSSR count). The van der Waals surface area contributed by atoms with Crippen molar-refractivity contribution >= 4 is 23.2 Å².